The van der Waals surface area contributed by atoms with Crippen LogP contribution >= 0.6 is 15.9 Å². The Labute approximate surface area is 112 Å². The van der Waals surface area contributed by atoms with Gasteiger partial charge in [-0.2, -0.15) is 13.2 Å². The van der Waals surface area contributed by atoms with Crippen LogP contribution in [0.4, 0.5) is 18.9 Å². The summed E-state index contributed by atoms with van der Waals surface area (Å²) in [5.41, 5.74) is 1.05. The molecule has 18 heavy (non-hydrogen) atoms. The van der Waals surface area contributed by atoms with E-state index >= 15 is 0 Å². The molecule has 6 heteroatoms. The number of hydrogen-bond acceptors (Lipinski definition) is 2. The van der Waals surface area contributed by atoms with E-state index in [9.17, 15) is 13.2 Å². The summed E-state index contributed by atoms with van der Waals surface area (Å²) in [6, 6.07) is 7.83. The lowest BCUT2D eigenvalue weighted by Crippen LogP contribution is -2.49. The van der Waals surface area contributed by atoms with Crippen molar-refractivity contribution in [3.05, 3.63) is 28.7 Å². The minimum absolute atomic E-state index is 0.450. The zero-order valence-corrected chi connectivity index (χ0v) is 11.3. The Kier molecular flexibility index (Phi) is 4.17. The van der Waals surface area contributed by atoms with Gasteiger partial charge in [0.2, 0.25) is 0 Å². The van der Waals surface area contributed by atoms with E-state index in [-0.39, 0.29) is 0 Å². The third-order valence-corrected chi connectivity index (χ3v) is 3.44. The third-order valence-electron chi connectivity index (χ3n) is 2.95. The smallest absolute Gasteiger partial charge is 0.369 e. The molecule has 1 heterocycles. The SMILES string of the molecule is FC(F)(F)CN1CCN(c2cccc(Br)c2)CC1. The molecule has 1 fully saturated rings. The van der Waals surface area contributed by atoms with E-state index in [2.05, 4.69) is 20.8 Å². The van der Waals surface area contributed by atoms with Crippen molar-refractivity contribution in [1.29, 1.82) is 0 Å². The summed E-state index contributed by atoms with van der Waals surface area (Å²) in [6.45, 7) is 1.36. The topological polar surface area (TPSA) is 6.48 Å². The van der Waals surface area contributed by atoms with Crippen LogP contribution in [0.2, 0.25) is 0 Å². The van der Waals surface area contributed by atoms with E-state index in [1.54, 1.807) is 0 Å². The van der Waals surface area contributed by atoms with Gasteiger partial charge in [-0.25, -0.2) is 0 Å². The van der Waals surface area contributed by atoms with Crippen LogP contribution in [0.3, 0.4) is 0 Å². The number of hydrogen-bond donors (Lipinski definition) is 0. The van der Waals surface area contributed by atoms with E-state index < -0.39 is 12.7 Å². The molecule has 2 nitrogen and oxygen atoms in total. The normalized spacial score (nSPS) is 18.1. The Balaban J connectivity index is 1.91. The molecular weight excluding hydrogens is 309 g/mol. The van der Waals surface area contributed by atoms with E-state index in [1.807, 2.05) is 24.3 Å². The summed E-state index contributed by atoms with van der Waals surface area (Å²) in [7, 11) is 0. The second-order valence-corrected chi connectivity index (χ2v) is 5.27. The molecular formula is C12H14BrF3N2. The zero-order chi connectivity index (χ0) is 13.2. The number of rotatable bonds is 2. The number of nitrogens with zero attached hydrogens (tertiary/aromatic N) is 2. The van der Waals surface area contributed by atoms with Gasteiger partial charge >= 0.3 is 6.18 Å². The van der Waals surface area contributed by atoms with Crippen molar-refractivity contribution in [2.45, 2.75) is 6.18 Å². The first-order chi connectivity index (χ1) is 8.44. The van der Waals surface area contributed by atoms with Crippen molar-refractivity contribution < 1.29 is 13.2 Å². The monoisotopic (exact) mass is 322 g/mol. The van der Waals surface area contributed by atoms with Crippen molar-refractivity contribution in [3.8, 4) is 0 Å². The fourth-order valence-electron chi connectivity index (χ4n) is 2.09. The Hall–Kier alpha value is -0.750. The summed E-state index contributed by atoms with van der Waals surface area (Å²) in [6.07, 6.45) is -4.10. The fraction of sp³-hybridized carbons (Fsp3) is 0.500. The molecule has 0 saturated carbocycles. The number of halogens is 4. The van der Waals surface area contributed by atoms with Crippen LogP contribution in [0.15, 0.2) is 28.7 Å². The molecule has 1 saturated heterocycles. The quantitative estimate of drug-likeness (QED) is 0.825. The van der Waals surface area contributed by atoms with Crippen molar-refractivity contribution in [3.63, 3.8) is 0 Å². The molecule has 0 radical (unpaired) electrons. The number of piperazine rings is 1. The highest BCUT2D eigenvalue weighted by atomic mass is 79.9. The number of anilines is 1. The maximum absolute atomic E-state index is 12.3. The second-order valence-electron chi connectivity index (χ2n) is 4.36. The molecule has 1 aliphatic heterocycles. The molecule has 0 aliphatic carbocycles. The molecule has 0 atom stereocenters. The predicted molar refractivity (Wildman–Crippen MR) is 68.9 cm³/mol. The molecule has 0 bridgehead atoms. The van der Waals surface area contributed by atoms with Crippen LogP contribution in [0.1, 0.15) is 0 Å². The summed E-state index contributed by atoms with van der Waals surface area (Å²) in [5, 5.41) is 0. The highest BCUT2D eigenvalue weighted by Gasteiger charge is 2.32. The zero-order valence-electron chi connectivity index (χ0n) is 9.75. The van der Waals surface area contributed by atoms with Gasteiger partial charge in [0, 0.05) is 36.3 Å². The van der Waals surface area contributed by atoms with Crippen LogP contribution in [0, 0.1) is 0 Å². The maximum Gasteiger partial charge on any atom is 0.401 e. The van der Waals surface area contributed by atoms with Crippen LogP contribution in [0.5, 0.6) is 0 Å². The first-order valence-electron chi connectivity index (χ1n) is 5.74. The second kappa shape index (κ2) is 5.48. The lowest BCUT2D eigenvalue weighted by molar-refractivity contribution is -0.146. The van der Waals surface area contributed by atoms with Crippen LogP contribution in [0.25, 0.3) is 0 Å². The molecule has 2 rings (SSSR count). The molecule has 1 aromatic rings. The van der Waals surface area contributed by atoms with Crippen LogP contribution in [-0.2, 0) is 0 Å². The summed E-state index contributed by atoms with van der Waals surface area (Å²) in [4.78, 5) is 3.56. The Morgan fingerprint density at radius 3 is 2.33 bits per heavy atom. The average Bonchev–Trinajstić information content (AvgIpc) is 2.28. The van der Waals surface area contributed by atoms with E-state index in [0.717, 1.165) is 10.2 Å². The first kappa shape index (κ1) is 13.7. The molecule has 0 amide bonds. The average molecular weight is 323 g/mol. The highest BCUT2D eigenvalue weighted by Crippen LogP contribution is 2.22. The van der Waals surface area contributed by atoms with Crippen molar-refractivity contribution in [1.82, 2.24) is 4.90 Å². The number of benzene rings is 1. The van der Waals surface area contributed by atoms with Gasteiger partial charge in [-0.1, -0.05) is 22.0 Å². The summed E-state index contributed by atoms with van der Waals surface area (Å²) < 4.78 is 37.7. The van der Waals surface area contributed by atoms with Gasteiger partial charge in [0.15, 0.2) is 0 Å². The molecule has 1 aliphatic rings. The van der Waals surface area contributed by atoms with Crippen molar-refractivity contribution >= 4 is 21.6 Å². The minimum Gasteiger partial charge on any atom is -0.369 e. The van der Waals surface area contributed by atoms with Crippen LogP contribution < -0.4 is 4.90 Å². The van der Waals surface area contributed by atoms with Gasteiger partial charge in [0.25, 0.3) is 0 Å². The molecule has 1 aromatic carbocycles. The Morgan fingerprint density at radius 2 is 1.78 bits per heavy atom. The van der Waals surface area contributed by atoms with Gasteiger partial charge in [0.05, 0.1) is 6.54 Å². The van der Waals surface area contributed by atoms with Gasteiger partial charge in [-0.05, 0) is 18.2 Å². The van der Waals surface area contributed by atoms with E-state index in [4.69, 9.17) is 0 Å². The van der Waals surface area contributed by atoms with Gasteiger partial charge in [0.1, 0.15) is 0 Å². The third kappa shape index (κ3) is 3.88. The largest absolute Gasteiger partial charge is 0.401 e. The summed E-state index contributed by atoms with van der Waals surface area (Å²) in [5.74, 6) is 0. The number of alkyl halides is 3. The van der Waals surface area contributed by atoms with Crippen molar-refractivity contribution in [2.24, 2.45) is 0 Å². The standard InChI is InChI=1S/C12H14BrF3N2/c13-10-2-1-3-11(8-10)18-6-4-17(5-7-18)9-12(14,15)16/h1-3,8H,4-7,9H2. The maximum atomic E-state index is 12.3. The Bertz CT molecular complexity index is 401. The fourth-order valence-corrected chi connectivity index (χ4v) is 2.48. The molecule has 100 valence electrons. The molecule has 0 unspecified atom stereocenters. The van der Waals surface area contributed by atoms with E-state index in [0.29, 0.717) is 26.2 Å². The highest BCUT2D eigenvalue weighted by molar-refractivity contribution is 9.10. The van der Waals surface area contributed by atoms with Gasteiger partial charge in [-0.3, -0.25) is 4.90 Å². The molecule has 0 spiro atoms. The Morgan fingerprint density at radius 1 is 1.11 bits per heavy atom. The van der Waals surface area contributed by atoms with Crippen molar-refractivity contribution in [2.75, 3.05) is 37.6 Å². The molecule has 0 aromatic heterocycles. The first-order valence-corrected chi connectivity index (χ1v) is 6.53. The summed E-state index contributed by atoms with van der Waals surface area (Å²) >= 11 is 3.39. The lowest BCUT2D eigenvalue weighted by Gasteiger charge is -2.36. The lowest BCUT2D eigenvalue weighted by atomic mass is 10.2. The van der Waals surface area contributed by atoms with Gasteiger partial charge < -0.3 is 4.90 Å². The molecule has 0 N–H and O–H groups in total. The minimum atomic E-state index is -4.10. The predicted octanol–water partition coefficient (Wildman–Crippen LogP) is 3.13. The van der Waals surface area contributed by atoms with Crippen LogP contribution in [-0.4, -0.2) is 43.8 Å². The van der Waals surface area contributed by atoms with E-state index in [1.165, 1.54) is 4.90 Å². The van der Waals surface area contributed by atoms with Gasteiger partial charge in [-0.15, -0.1) is 0 Å².